The van der Waals surface area contributed by atoms with Crippen LogP contribution < -0.4 is 5.32 Å². The lowest BCUT2D eigenvalue weighted by atomic mass is 10.1. The van der Waals surface area contributed by atoms with Gasteiger partial charge in [-0.15, -0.1) is 0 Å². The third-order valence-corrected chi connectivity index (χ3v) is 4.52. The van der Waals surface area contributed by atoms with E-state index in [4.69, 9.17) is 13.7 Å². The Labute approximate surface area is 144 Å². The van der Waals surface area contributed by atoms with Crippen LogP contribution in [0.25, 0.3) is 22.6 Å². The van der Waals surface area contributed by atoms with Crippen LogP contribution in [0, 0.1) is 6.92 Å². The van der Waals surface area contributed by atoms with Gasteiger partial charge in [0.15, 0.2) is 5.76 Å². The number of hydrogen-bond donors (Lipinski definition) is 1. The van der Waals surface area contributed by atoms with Crippen molar-refractivity contribution in [1.29, 1.82) is 0 Å². The fraction of sp³-hybridized carbons (Fsp3) is 0.389. The van der Waals surface area contributed by atoms with Gasteiger partial charge in [-0.2, -0.15) is 0 Å². The van der Waals surface area contributed by atoms with Gasteiger partial charge in [0.1, 0.15) is 5.69 Å². The Morgan fingerprint density at radius 2 is 2.32 bits per heavy atom. The number of carbonyl (C=O) groups excluding carboxylic acids is 1. The van der Waals surface area contributed by atoms with E-state index in [0.29, 0.717) is 33.8 Å². The molecule has 2 unspecified atom stereocenters. The first-order valence-electron chi connectivity index (χ1n) is 8.37. The van der Waals surface area contributed by atoms with Gasteiger partial charge in [0, 0.05) is 6.61 Å². The molecule has 1 fully saturated rings. The molecule has 2 atom stereocenters. The normalized spacial score (nSPS) is 18.6. The van der Waals surface area contributed by atoms with Gasteiger partial charge in [-0.1, -0.05) is 5.16 Å². The molecule has 0 saturated carbocycles. The Morgan fingerprint density at radius 1 is 1.44 bits per heavy atom. The first kappa shape index (κ1) is 15.8. The first-order chi connectivity index (χ1) is 12.1. The van der Waals surface area contributed by atoms with E-state index in [0.717, 1.165) is 19.4 Å². The quantitative estimate of drug-likeness (QED) is 0.784. The number of pyridine rings is 1. The predicted octanol–water partition coefficient (Wildman–Crippen LogP) is 3.09. The molecule has 0 bridgehead atoms. The van der Waals surface area contributed by atoms with Crippen molar-refractivity contribution in [2.24, 2.45) is 0 Å². The van der Waals surface area contributed by atoms with Gasteiger partial charge in [0.25, 0.3) is 11.6 Å². The highest BCUT2D eigenvalue weighted by molar-refractivity contribution is 6.07. The lowest BCUT2D eigenvalue weighted by Gasteiger charge is -2.20. The fourth-order valence-corrected chi connectivity index (χ4v) is 3.20. The SMILES string of the molecule is Cc1noc2nc(-c3ccco3)cc(C(=O)NC(C)C3CCCO3)c12. The van der Waals surface area contributed by atoms with E-state index in [1.165, 1.54) is 0 Å². The third kappa shape index (κ3) is 2.91. The standard InChI is InChI=1S/C18H19N3O4/c1-10(14-5-3-7-23-14)19-17(22)12-9-13(15-6-4-8-24-15)20-18-16(12)11(2)21-25-18/h4,6,8-10,14H,3,5,7H2,1-2H3,(H,19,22). The van der Waals surface area contributed by atoms with Crippen molar-refractivity contribution in [2.75, 3.05) is 6.61 Å². The average molecular weight is 341 g/mol. The number of carbonyl (C=O) groups is 1. The van der Waals surface area contributed by atoms with Crippen LogP contribution in [0.4, 0.5) is 0 Å². The van der Waals surface area contributed by atoms with Crippen molar-refractivity contribution >= 4 is 17.0 Å². The number of nitrogens with zero attached hydrogens (tertiary/aromatic N) is 2. The average Bonchev–Trinajstić information content (AvgIpc) is 3.36. The molecule has 1 aliphatic rings. The minimum atomic E-state index is -0.200. The molecule has 7 heteroatoms. The Balaban J connectivity index is 1.71. The molecule has 4 heterocycles. The molecule has 1 N–H and O–H groups in total. The lowest BCUT2D eigenvalue weighted by molar-refractivity contribution is 0.0713. The van der Waals surface area contributed by atoms with E-state index >= 15 is 0 Å². The molecular formula is C18H19N3O4. The summed E-state index contributed by atoms with van der Waals surface area (Å²) in [5.41, 5.74) is 1.95. The summed E-state index contributed by atoms with van der Waals surface area (Å²) >= 11 is 0. The van der Waals surface area contributed by atoms with Crippen molar-refractivity contribution in [2.45, 2.75) is 38.8 Å². The predicted molar refractivity (Wildman–Crippen MR) is 90.1 cm³/mol. The maximum Gasteiger partial charge on any atom is 0.259 e. The second-order valence-corrected chi connectivity index (χ2v) is 6.29. The fourth-order valence-electron chi connectivity index (χ4n) is 3.20. The second kappa shape index (κ2) is 6.33. The Morgan fingerprint density at radius 3 is 3.04 bits per heavy atom. The maximum atomic E-state index is 12.9. The number of nitrogens with one attached hydrogen (secondary N) is 1. The third-order valence-electron chi connectivity index (χ3n) is 4.52. The number of rotatable bonds is 4. The number of aryl methyl sites for hydroxylation is 1. The molecule has 0 spiro atoms. The highest BCUT2D eigenvalue weighted by Crippen LogP contribution is 2.27. The molecule has 0 aliphatic carbocycles. The van der Waals surface area contributed by atoms with Crippen molar-refractivity contribution < 1.29 is 18.5 Å². The highest BCUT2D eigenvalue weighted by atomic mass is 16.5. The summed E-state index contributed by atoms with van der Waals surface area (Å²) in [5, 5.41) is 7.59. The largest absolute Gasteiger partial charge is 0.463 e. The Hall–Kier alpha value is -2.67. The summed E-state index contributed by atoms with van der Waals surface area (Å²) in [6.45, 7) is 4.50. The van der Waals surface area contributed by atoms with Crippen LogP contribution >= 0.6 is 0 Å². The van der Waals surface area contributed by atoms with E-state index in [1.54, 1.807) is 31.4 Å². The van der Waals surface area contributed by atoms with E-state index in [2.05, 4.69) is 15.5 Å². The van der Waals surface area contributed by atoms with E-state index in [-0.39, 0.29) is 18.1 Å². The zero-order valence-corrected chi connectivity index (χ0v) is 14.1. The molecule has 3 aromatic heterocycles. The van der Waals surface area contributed by atoms with Crippen molar-refractivity contribution in [3.63, 3.8) is 0 Å². The molecule has 3 aromatic rings. The van der Waals surface area contributed by atoms with Crippen molar-refractivity contribution in [3.05, 3.63) is 35.7 Å². The van der Waals surface area contributed by atoms with Gasteiger partial charge >= 0.3 is 0 Å². The zero-order chi connectivity index (χ0) is 17.4. The first-order valence-corrected chi connectivity index (χ1v) is 8.37. The minimum absolute atomic E-state index is 0.0504. The van der Waals surface area contributed by atoms with Crippen molar-refractivity contribution in [1.82, 2.24) is 15.5 Å². The maximum absolute atomic E-state index is 12.9. The van der Waals surface area contributed by atoms with Crippen molar-refractivity contribution in [3.8, 4) is 11.5 Å². The van der Waals surface area contributed by atoms with Crippen LogP contribution in [0.1, 0.15) is 35.8 Å². The zero-order valence-electron chi connectivity index (χ0n) is 14.1. The summed E-state index contributed by atoms with van der Waals surface area (Å²) in [5.74, 6) is 0.367. The molecule has 0 aromatic carbocycles. The van der Waals surface area contributed by atoms with Crippen LogP contribution in [-0.2, 0) is 4.74 Å². The Kier molecular flexibility index (Phi) is 4.01. The van der Waals surface area contributed by atoms with E-state index in [1.807, 2.05) is 6.92 Å². The van der Waals surface area contributed by atoms with Gasteiger partial charge in [0.05, 0.1) is 35.1 Å². The number of fused-ring (bicyclic) bond motifs is 1. The van der Waals surface area contributed by atoms with Gasteiger partial charge in [-0.25, -0.2) is 4.98 Å². The number of hydrogen-bond acceptors (Lipinski definition) is 6. The minimum Gasteiger partial charge on any atom is -0.463 e. The molecule has 0 radical (unpaired) electrons. The molecule has 1 aliphatic heterocycles. The van der Waals surface area contributed by atoms with Gasteiger partial charge < -0.3 is 19.0 Å². The Bertz CT molecular complexity index is 895. The summed E-state index contributed by atoms with van der Waals surface area (Å²) < 4.78 is 16.3. The molecule has 25 heavy (non-hydrogen) atoms. The van der Waals surface area contributed by atoms with Crippen LogP contribution in [0.2, 0.25) is 0 Å². The molecule has 7 nitrogen and oxygen atoms in total. The van der Waals surface area contributed by atoms with Gasteiger partial charge in [-0.05, 0) is 44.9 Å². The molecule has 130 valence electrons. The molecule has 4 rings (SSSR count). The van der Waals surface area contributed by atoms with Crippen LogP contribution in [0.3, 0.4) is 0 Å². The summed E-state index contributed by atoms with van der Waals surface area (Å²) in [4.78, 5) is 17.3. The van der Waals surface area contributed by atoms with Crippen LogP contribution in [0.15, 0.2) is 33.4 Å². The summed E-state index contributed by atoms with van der Waals surface area (Å²) in [6.07, 6.45) is 3.59. The monoisotopic (exact) mass is 341 g/mol. The smallest absolute Gasteiger partial charge is 0.259 e. The lowest BCUT2D eigenvalue weighted by Crippen LogP contribution is -2.40. The molecule has 1 amide bonds. The molecular weight excluding hydrogens is 322 g/mol. The highest BCUT2D eigenvalue weighted by Gasteiger charge is 2.26. The van der Waals surface area contributed by atoms with E-state index < -0.39 is 0 Å². The van der Waals surface area contributed by atoms with Crippen LogP contribution in [-0.4, -0.2) is 34.8 Å². The topological polar surface area (TPSA) is 90.4 Å². The van der Waals surface area contributed by atoms with Gasteiger partial charge in [0.2, 0.25) is 0 Å². The van der Waals surface area contributed by atoms with Crippen LogP contribution in [0.5, 0.6) is 0 Å². The molecule has 1 saturated heterocycles. The van der Waals surface area contributed by atoms with E-state index in [9.17, 15) is 4.79 Å². The number of amides is 1. The summed E-state index contributed by atoms with van der Waals surface area (Å²) in [6, 6.07) is 5.19. The number of aromatic nitrogens is 2. The number of furan rings is 1. The number of ether oxygens (including phenoxy) is 1. The second-order valence-electron chi connectivity index (χ2n) is 6.29. The van der Waals surface area contributed by atoms with Gasteiger partial charge in [-0.3, -0.25) is 4.79 Å². The summed E-state index contributed by atoms with van der Waals surface area (Å²) in [7, 11) is 0.